The minimum atomic E-state index is -3.22. The number of sulfonamides is 1. The minimum absolute atomic E-state index is 0.0582. The lowest BCUT2D eigenvalue weighted by atomic mass is 10.1. The first-order valence-corrected chi connectivity index (χ1v) is 7.44. The molecule has 0 spiro atoms. The molecule has 0 aliphatic heterocycles. The van der Waals surface area contributed by atoms with Crippen molar-refractivity contribution < 1.29 is 13.5 Å². The zero-order chi connectivity index (χ0) is 11.3. The Labute approximate surface area is 96.1 Å². The van der Waals surface area contributed by atoms with Crippen LogP contribution in [0, 0.1) is 5.92 Å². The molecule has 0 saturated heterocycles. The zero-order valence-electron chi connectivity index (χ0n) is 8.65. The van der Waals surface area contributed by atoms with E-state index in [9.17, 15) is 8.42 Å². The average molecular weight is 256 g/mol. The molecule has 1 aliphatic carbocycles. The van der Waals surface area contributed by atoms with Crippen LogP contribution in [0.25, 0.3) is 0 Å². The highest BCUT2D eigenvalue weighted by Crippen LogP contribution is 2.25. The van der Waals surface area contributed by atoms with Crippen LogP contribution in [-0.4, -0.2) is 37.8 Å². The number of hydrogen-bond donors (Lipinski definition) is 2. The van der Waals surface area contributed by atoms with Crippen LogP contribution < -0.4 is 4.72 Å². The van der Waals surface area contributed by atoms with Gasteiger partial charge < -0.3 is 5.11 Å². The second-order valence-electron chi connectivity index (χ2n) is 3.96. The Morgan fingerprint density at radius 3 is 2.73 bits per heavy atom. The summed E-state index contributed by atoms with van der Waals surface area (Å²) in [7, 11) is -3.22. The van der Waals surface area contributed by atoms with Gasteiger partial charge in [-0.3, -0.25) is 0 Å². The number of nitrogens with one attached hydrogen (secondary N) is 1. The largest absolute Gasteiger partial charge is 0.396 e. The SMILES string of the molecule is O=S(=O)(CCCCl)NC1CCCC1CO. The van der Waals surface area contributed by atoms with Gasteiger partial charge in [-0.1, -0.05) is 6.42 Å². The summed E-state index contributed by atoms with van der Waals surface area (Å²) >= 11 is 5.45. The first kappa shape index (κ1) is 13.2. The average Bonchev–Trinajstić information content (AvgIpc) is 2.61. The summed E-state index contributed by atoms with van der Waals surface area (Å²) in [5, 5.41) is 9.05. The number of rotatable bonds is 6. The standard InChI is InChI=1S/C9H18ClNO3S/c10-5-2-6-15(13,14)11-9-4-1-3-8(9)7-12/h8-9,11-12H,1-7H2. The van der Waals surface area contributed by atoms with Crippen molar-refractivity contribution in [2.75, 3.05) is 18.2 Å². The van der Waals surface area contributed by atoms with Gasteiger partial charge in [0, 0.05) is 18.5 Å². The lowest BCUT2D eigenvalue weighted by Gasteiger charge is -2.18. The van der Waals surface area contributed by atoms with Gasteiger partial charge in [0.15, 0.2) is 0 Å². The number of aliphatic hydroxyl groups excluding tert-OH is 1. The fourth-order valence-corrected chi connectivity index (χ4v) is 3.65. The molecular weight excluding hydrogens is 238 g/mol. The van der Waals surface area contributed by atoms with Gasteiger partial charge in [-0.2, -0.15) is 0 Å². The molecule has 0 aromatic heterocycles. The van der Waals surface area contributed by atoms with Crippen LogP contribution >= 0.6 is 11.6 Å². The molecule has 90 valence electrons. The van der Waals surface area contributed by atoms with Crippen LogP contribution in [0.3, 0.4) is 0 Å². The highest BCUT2D eigenvalue weighted by atomic mass is 35.5. The fraction of sp³-hybridized carbons (Fsp3) is 1.00. The van der Waals surface area contributed by atoms with Gasteiger partial charge in [-0.05, 0) is 25.2 Å². The Kier molecular flexibility index (Phi) is 5.32. The third-order valence-electron chi connectivity index (χ3n) is 2.77. The van der Waals surface area contributed by atoms with E-state index in [4.69, 9.17) is 16.7 Å². The molecule has 2 N–H and O–H groups in total. The molecular formula is C9H18ClNO3S. The van der Waals surface area contributed by atoms with E-state index >= 15 is 0 Å². The van der Waals surface area contributed by atoms with Crippen LogP contribution in [0.5, 0.6) is 0 Å². The Bertz CT molecular complexity index is 281. The Morgan fingerprint density at radius 2 is 2.13 bits per heavy atom. The van der Waals surface area contributed by atoms with Gasteiger partial charge in [-0.25, -0.2) is 13.1 Å². The fourth-order valence-electron chi connectivity index (χ4n) is 1.94. The van der Waals surface area contributed by atoms with E-state index < -0.39 is 10.0 Å². The summed E-state index contributed by atoms with van der Waals surface area (Å²) in [6, 6.07) is -0.0877. The number of hydrogen-bond acceptors (Lipinski definition) is 3. The summed E-state index contributed by atoms with van der Waals surface area (Å²) in [4.78, 5) is 0. The first-order chi connectivity index (χ1) is 7.09. The smallest absolute Gasteiger partial charge is 0.211 e. The molecule has 15 heavy (non-hydrogen) atoms. The maximum atomic E-state index is 11.6. The number of aliphatic hydroxyl groups is 1. The Hall–Kier alpha value is 0.160. The monoisotopic (exact) mass is 255 g/mol. The molecule has 0 aromatic rings. The van der Waals surface area contributed by atoms with Gasteiger partial charge in [0.2, 0.25) is 10.0 Å². The van der Waals surface area contributed by atoms with Crippen molar-refractivity contribution in [1.29, 1.82) is 0 Å². The summed E-state index contributed by atoms with van der Waals surface area (Å²) < 4.78 is 25.8. The van der Waals surface area contributed by atoms with Gasteiger partial charge in [0.25, 0.3) is 0 Å². The molecule has 1 fully saturated rings. The number of halogens is 1. The summed E-state index contributed by atoms with van der Waals surface area (Å²) in [5.74, 6) is 0.510. The summed E-state index contributed by atoms with van der Waals surface area (Å²) in [6.45, 7) is 0.0582. The van der Waals surface area contributed by atoms with E-state index in [1.54, 1.807) is 0 Å². The molecule has 0 aromatic carbocycles. The predicted octanol–water partition coefficient (Wildman–Crippen LogP) is 0.696. The predicted molar refractivity (Wildman–Crippen MR) is 60.5 cm³/mol. The Balaban J connectivity index is 2.45. The van der Waals surface area contributed by atoms with Crippen molar-refractivity contribution in [2.24, 2.45) is 5.92 Å². The molecule has 2 atom stereocenters. The highest BCUT2D eigenvalue weighted by molar-refractivity contribution is 7.89. The van der Waals surface area contributed by atoms with Gasteiger partial charge in [0.05, 0.1) is 5.75 Å². The topological polar surface area (TPSA) is 66.4 Å². The molecule has 6 heteroatoms. The highest BCUT2D eigenvalue weighted by Gasteiger charge is 2.29. The van der Waals surface area contributed by atoms with Crippen LogP contribution in [-0.2, 0) is 10.0 Å². The zero-order valence-corrected chi connectivity index (χ0v) is 10.2. The third-order valence-corrected chi connectivity index (χ3v) is 4.53. The lowest BCUT2D eigenvalue weighted by Crippen LogP contribution is -2.39. The lowest BCUT2D eigenvalue weighted by molar-refractivity contribution is 0.213. The molecule has 4 nitrogen and oxygen atoms in total. The van der Waals surface area contributed by atoms with Crippen LogP contribution in [0.15, 0.2) is 0 Å². The van der Waals surface area contributed by atoms with E-state index in [1.807, 2.05) is 0 Å². The van der Waals surface area contributed by atoms with E-state index in [1.165, 1.54) is 0 Å². The van der Waals surface area contributed by atoms with Gasteiger partial charge in [0.1, 0.15) is 0 Å². The van der Waals surface area contributed by atoms with Crippen molar-refractivity contribution >= 4 is 21.6 Å². The summed E-state index contributed by atoms with van der Waals surface area (Å²) in [6.07, 6.45) is 3.17. The number of alkyl halides is 1. The van der Waals surface area contributed by atoms with E-state index in [0.29, 0.717) is 12.3 Å². The second kappa shape index (κ2) is 6.03. The third kappa shape index (κ3) is 4.26. The molecule has 0 heterocycles. The van der Waals surface area contributed by atoms with E-state index in [0.717, 1.165) is 19.3 Å². The van der Waals surface area contributed by atoms with Crippen molar-refractivity contribution in [1.82, 2.24) is 4.72 Å². The Morgan fingerprint density at radius 1 is 1.40 bits per heavy atom. The van der Waals surface area contributed by atoms with Crippen LogP contribution in [0.1, 0.15) is 25.7 Å². The van der Waals surface area contributed by atoms with Gasteiger partial charge >= 0.3 is 0 Å². The molecule has 1 saturated carbocycles. The normalized spacial score (nSPS) is 27.1. The summed E-state index contributed by atoms with van der Waals surface area (Å²) in [5.41, 5.74) is 0. The van der Waals surface area contributed by atoms with Gasteiger partial charge in [-0.15, -0.1) is 11.6 Å². The molecule has 2 unspecified atom stereocenters. The van der Waals surface area contributed by atoms with E-state index in [2.05, 4.69) is 4.72 Å². The molecule has 0 bridgehead atoms. The quantitative estimate of drug-likeness (QED) is 0.687. The molecule has 0 radical (unpaired) electrons. The molecule has 1 rings (SSSR count). The van der Waals surface area contributed by atoms with Crippen molar-refractivity contribution in [2.45, 2.75) is 31.7 Å². The molecule has 1 aliphatic rings. The maximum absolute atomic E-state index is 11.6. The first-order valence-electron chi connectivity index (χ1n) is 5.26. The van der Waals surface area contributed by atoms with Crippen LogP contribution in [0.4, 0.5) is 0 Å². The maximum Gasteiger partial charge on any atom is 0.211 e. The van der Waals surface area contributed by atoms with E-state index in [-0.39, 0.29) is 24.3 Å². The van der Waals surface area contributed by atoms with Crippen molar-refractivity contribution in [3.05, 3.63) is 0 Å². The minimum Gasteiger partial charge on any atom is -0.396 e. The van der Waals surface area contributed by atoms with Crippen molar-refractivity contribution in [3.8, 4) is 0 Å². The second-order valence-corrected chi connectivity index (χ2v) is 6.21. The molecule has 0 amide bonds. The van der Waals surface area contributed by atoms with Crippen LogP contribution in [0.2, 0.25) is 0 Å². The van der Waals surface area contributed by atoms with Crippen molar-refractivity contribution in [3.63, 3.8) is 0 Å².